The Morgan fingerprint density at radius 3 is 2.67 bits per heavy atom. The molecule has 0 unspecified atom stereocenters. The van der Waals surface area contributed by atoms with E-state index < -0.39 is 11.7 Å². The second-order valence-electron chi connectivity index (χ2n) is 5.58. The first-order valence-corrected chi connectivity index (χ1v) is 6.19. The molecule has 0 aromatic carbocycles. The third-order valence-corrected chi connectivity index (χ3v) is 2.39. The van der Waals surface area contributed by atoms with Crippen molar-refractivity contribution in [2.45, 2.75) is 52.7 Å². The Kier molecular flexibility index (Phi) is 4.70. The Morgan fingerprint density at radius 2 is 2.11 bits per heavy atom. The van der Waals surface area contributed by atoms with E-state index in [4.69, 9.17) is 4.74 Å². The van der Waals surface area contributed by atoms with Crippen LogP contribution in [0.25, 0.3) is 0 Å². The Bertz CT molecular complexity index is 409. The fourth-order valence-corrected chi connectivity index (χ4v) is 1.63. The zero-order valence-electron chi connectivity index (χ0n) is 11.8. The lowest BCUT2D eigenvalue weighted by Gasteiger charge is -2.20. The lowest BCUT2D eigenvalue weighted by atomic mass is 9.99. The molecular weight excluding hydrogens is 228 g/mol. The van der Waals surface area contributed by atoms with Gasteiger partial charge in [0.15, 0.2) is 0 Å². The summed E-state index contributed by atoms with van der Waals surface area (Å²) in [6.45, 7) is 10.2. The monoisotopic (exact) mass is 250 g/mol. The van der Waals surface area contributed by atoms with Crippen molar-refractivity contribution in [3.8, 4) is 0 Å². The second kappa shape index (κ2) is 5.85. The Hall–Kier alpha value is -1.58. The van der Waals surface area contributed by atoms with E-state index in [-0.39, 0.29) is 0 Å². The summed E-state index contributed by atoms with van der Waals surface area (Å²) in [5.41, 5.74) is 1.75. The number of amides is 1. The van der Waals surface area contributed by atoms with Crippen molar-refractivity contribution in [2.75, 3.05) is 0 Å². The van der Waals surface area contributed by atoms with Gasteiger partial charge in [0.2, 0.25) is 0 Å². The molecule has 18 heavy (non-hydrogen) atoms. The van der Waals surface area contributed by atoms with Crippen LogP contribution in [0.2, 0.25) is 0 Å². The molecular formula is C14H22N2O2. The van der Waals surface area contributed by atoms with Gasteiger partial charge >= 0.3 is 6.09 Å². The van der Waals surface area contributed by atoms with Crippen LogP contribution in [0, 0.1) is 0 Å². The number of hydrogen-bond acceptors (Lipinski definition) is 3. The van der Waals surface area contributed by atoms with Crippen molar-refractivity contribution in [1.82, 2.24) is 10.3 Å². The molecule has 0 aliphatic heterocycles. The van der Waals surface area contributed by atoms with Crippen LogP contribution in [0.15, 0.2) is 18.5 Å². The smallest absolute Gasteiger partial charge is 0.407 e. The van der Waals surface area contributed by atoms with Gasteiger partial charge in [-0.25, -0.2) is 4.79 Å². The lowest BCUT2D eigenvalue weighted by molar-refractivity contribution is 0.0523. The van der Waals surface area contributed by atoms with Crippen LogP contribution in [0.5, 0.6) is 0 Å². The van der Waals surface area contributed by atoms with Crippen LogP contribution < -0.4 is 5.32 Å². The minimum Gasteiger partial charge on any atom is -0.444 e. The molecule has 1 aromatic heterocycles. The molecule has 0 fully saturated rings. The average Bonchev–Trinajstić information content (AvgIpc) is 2.24. The van der Waals surface area contributed by atoms with Crippen LogP contribution in [0.3, 0.4) is 0 Å². The van der Waals surface area contributed by atoms with Gasteiger partial charge in [0, 0.05) is 18.9 Å². The predicted molar refractivity (Wildman–Crippen MR) is 71.4 cm³/mol. The molecule has 4 heteroatoms. The number of aromatic nitrogens is 1. The molecule has 1 amide bonds. The van der Waals surface area contributed by atoms with Gasteiger partial charge in [-0.05, 0) is 43.9 Å². The van der Waals surface area contributed by atoms with Crippen molar-refractivity contribution in [3.63, 3.8) is 0 Å². The summed E-state index contributed by atoms with van der Waals surface area (Å²) in [7, 11) is 0. The summed E-state index contributed by atoms with van der Waals surface area (Å²) < 4.78 is 5.19. The number of nitrogens with one attached hydrogen (secondary N) is 1. The summed E-state index contributed by atoms with van der Waals surface area (Å²) in [6.07, 6.45) is 3.15. The SMILES string of the molecule is CC(C)c1ccncc1CNC(=O)OC(C)(C)C. The first-order chi connectivity index (χ1) is 8.29. The van der Waals surface area contributed by atoms with Gasteiger partial charge in [-0.1, -0.05) is 13.8 Å². The van der Waals surface area contributed by atoms with Crippen molar-refractivity contribution >= 4 is 6.09 Å². The van der Waals surface area contributed by atoms with Crippen molar-refractivity contribution in [1.29, 1.82) is 0 Å². The van der Waals surface area contributed by atoms with Crippen LogP contribution >= 0.6 is 0 Å². The van der Waals surface area contributed by atoms with Crippen LogP contribution in [0.4, 0.5) is 4.79 Å². The zero-order valence-corrected chi connectivity index (χ0v) is 11.8. The molecule has 1 N–H and O–H groups in total. The van der Waals surface area contributed by atoms with E-state index in [0.717, 1.165) is 5.56 Å². The number of carbonyl (C=O) groups is 1. The number of alkyl carbamates (subject to hydrolysis) is 1. The van der Waals surface area contributed by atoms with Gasteiger partial charge in [-0.3, -0.25) is 4.98 Å². The van der Waals surface area contributed by atoms with Gasteiger partial charge in [0.1, 0.15) is 5.60 Å². The molecule has 1 rings (SSSR count). The van der Waals surface area contributed by atoms with E-state index in [1.807, 2.05) is 26.8 Å². The van der Waals surface area contributed by atoms with E-state index in [1.165, 1.54) is 5.56 Å². The number of hydrogen-bond donors (Lipinski definition) is 1. The molecule has 1 aromatic rings. The molecule has 0 saturated heterocycles. The molecule has 0 radical (unpaired) electrons. The number of rotatable bonds is 3. The molecule has 1 heterocycles. The standard InChI is InChI=1S/C14H22N2O2/c1-10(2)12-6-7-15-8-11(12)9-16-13(17)18-14(3,4)5/h6-8,10H,9H2,1-5H3,(H,16,17). The minimum absolute atomic E-state index is 0.402. The van der Waals surface area contributed by atoms with Gasteiger partial charge in [0.25, 0.3) is 0 Å². The molecule has 0 spiro atoms. The summed E-state index contributed by atoms with van der Waals surface area (Å²) >= 11 is 0. The highest BCUT2D eigenvalue weighted by Gasteiger charge is 2.16. The third-order valence-electron chi connectivity index (χ3n) is 2.39. The quantitative estimate of drug-likeness (QED) is 0.896. The van der Waals surface area contributed by atoms with Gasteiger partial charge in [-0.15, -0.1) is 0 Å². The average molecular weight is 250 g/mol. The first-order valence-electron chi connectivity index (χ1n) is 6.19. The molecule has 0 atom stereocenters. The fraction of sp³-hybridized carbons (Fsp3) is 0.571. The number of nitrogens with zero attached hydrogens (tertiary/aromatic N) is 1. The highest BCUT2D eigenvalue weighted by molar-refractivity contribution is 5.67. The van der Waals surface area contributed by atoms with Gasteiger partial charge in [-0.2, -0.15) is 0 Å². The molecule has 0 bridgehead atoms. The number of pyridine rings is 1. The summed E-state index contributed by atoms with van der Waals surface area (Å²) in [6, 6.07) is 1.98. The van der Waals surface area contributed by atoms with Crippen LogP contribution in [0.1, 0.15) is 51.7 Å². The van der Waals surface area contributed by atoms with E-state index in [9.17, 15) is 4.79 Å². The maximum absolute atomic E-state index is 11.6. The third kappa shape index (κ3) is 4.73. The molecule has 0 aliphatic carbocycles. The molecule has 0 aliphatic rings. The lowest BCUT2D eigenvalue weighted by Crippen LogP contribution is -2.32. The highest BCUT2D eigenvalue weighted by Crippen LogP contribution is 2.18. The number of ether oxygens (including phenoxy) is 1. The fourth-order valence-electron chi connectivity index (χ4n) is 1.63. The Balaban J connectivity index is 2.61. The Labute approximate surface area is 109 Å². The van der Waals surface area contributed by atoms with E-state index in [0.29, 0.717) is 12.5 Å². The number of carbonyl (C=O) groups excluding carboxylic acids is 1. The molecule has 0 saturated carbocycles. The topological polar surface area (TPSA) is 51.2 Å². The first kappa shape index (κ1) is 14.5. The Morgan fingerprint density at radius 1 is 1.44 bits per heavy atom. The molecule has 100 valence electrons. The predicted octanol–water partition coefficient (Wildman–Crippen LogP) is 3.23. The second-order valence-corrected chi connectivity index (χ2v) is 5.58. The molecule has 4 nitrogen and oxygen atoms in total. The highest BCUT2D eigenvalue weighted by atomic mass is 16.6. The zero-order chi connectivity index (χ0) is 13.8. The largest absolute Gasteiger partial charge is 0.444 e. The van der Waals surface area contributed by atoms with E-state index >= 15 is 0 Å². The van der Waals surface area contributed by atoms with Crippen LogP contribution in [-0.2, 0) is 11.3 Å². The van der Waals surface area contributed by atoms with Gasteiger partial charge < -0.3 is 10.1 Å². The van der Waals surface area contributed by atoms with E-state index in [2.05, 4.69) is 24.1 Å². The van der Waals surface area contributed by atoms with Crippen molar-refractivity contribution in [2.24, 2.45) is 0 Å². The summed E-state index contributed by atoms with van der Waals surface area (Å²) in [5.74, 6) is 0.406. The summed E-state index contributed by atoms with van der Waals surface area (Å²) in [4.78, 5) is 15.6. The maximum Gasteiger partial charge on any atom is 0.407 e. The van der Waals surface area contributed by atoms with Crippen molar-refractivity contribution < 1.29 is 9.53 Å². The maximum atomic E-state index is 11.6. The normalized spacial score (nSPS) is 11.4. The summed E-state index contributed by atoms with van der Waals surface area (Å²) in [5, 5.41) is 2.75. The minimum atomic E-state index is -0.472. The van der Waals surface area contributed by atoms with Crippen LogP contribution in [-0.4, -0.2) is 16.7 Å². The van der Waals surface area contributed by atoms with Crippen molar-refractivity contribution in [3.05, 3.63) is 29.6 Å². The van der Waals surface area contributed by atoms with Gasteiger partial charge in [0.05, 0.1) is 0 Å². The van der Waals surface area contributed by atoms with E-state index in [1.54, 1.807) is 12.4 Å².